The summed E-state index contributed by atoms with van der Waals surface area (Å²) in [6.07, 6.45) is 6.44. The third-order valence-electron chi connectivity index (χ3n) is 5.37. The van der Waals surface area contributed by atoms with Crippen molar-refractivity contribution in [1.82, 2.24) is 14.9 Å². The van der Waals surface area contributed by atoms with Gasteiger partial charge in [0.1, 0.15) is 17.6 Å². The molecule has 0 aliphatic heterocycles. The highest BCUT2D eigenvalue weighted by Gasteiger charge is 2.15. The number of likely N-dealkylation sites (N-methyl/N-ethyl adjacent to an activating group) is 1. The van der Waals surface area contributed by atoms with Crippen LogP contribution >= 0.6 is 0 Å². The van der Waals surface area contributed by atoms with Gasteiger partial charge in [-0.1, -0.05) is 12.1 Å². The molecule has 1 amide bonds. The summed E-state index contributed by atoms with van der Waals surface area (Å²) < 4.78 is 11.5. The number of benzene rings is 2. The zero-order valence-electron chi connectivity index (χ0n) is 21.4. The van der Waals surface area contributed by atoms with E-state index < -0.39 is 0 Å². The maximum atomic E-state index is 12.6. The molecule has 0 aliphatic carbocycles. The van der Waals surface area contributed by atoms with Crippen molar-refractivity contribution in [1.29, 1.82) is 5.26 Å². The number of pyridine rings is 2. The molecule has 38 heavy (non-hydrogen) atoms. The Bertz CT molecular complexity index is 1480. The first kappa shape index (κ1) is 26.1. The van der Waals surface area contributed by atoms with Crippen molar-refractivity contribution in [3.05, 3.63) is 84.7 Å². The number of fused-ring (bicyclic) bond motifs is 1. The number of rotatable bonds is 10. The second kappa shape index (κ2) is 12.3. The van der Waals surface area contributed by atoms with Gasteiger partial charge in [0.15, 0.2) is 0 Å². The van der Waals surface area contributed by atoms with Crippen LogP contribution in [-0.2, 0) is 4.79 Å². The summed E-state index contributed by atoms with van der Waals surface area (Å²) in [5.41, 5.74) is 2.77. The van der Waals surface area contributed by atoms with Crippen molar-refractivity contribution in [2.24, 2.45) is 0 Å². The van der Waals surface area contributed by atoms with Crippen LogP contribution in [-0.4, -0.2) is 48.0 Å². The minimum atomic E-state index is -0.283. The number of nitriles is 1. The smallest absolute Gasteiger partial charge is 0.248 e. The molecular formula is C29H28N6O3. The number of carbonyl (C=O) groups is 1. The van der Waals surface area contributed by atoms with Crippen LogP contribution < -0.4 is 20.1 Å². The van der Waals surface area contributed by atoms with E-state index >= 15 is 0 Å². The Morgan fingerprint density at radius 3 is 2.63 bits per heavy atom. The number of anilines is 3. The fourth-order valence-corrected chi connectivity index (χ4v) is 3.64. The fraction of sp³-hybridized carbons (Fsp3) is 0.172. The Hall–Kier alpha value is -4.94. The first-order valence-corrected chi connectivity index (χ1v) is 12.0. The van der Waals surface area contributed by atoms with Gasteiger partial charge in [-0.15, -0.1) is 0 Å². The Morgan fingerprint density at radius 2 is 1.95 bits per heavy atom. The van der Waals surface area contributed by atoms with E-state index in [2.05, 4.69) is 26.7 Å². The van der Waals surface area contributed by atoms with E-state index in [0.717, 1.165) is 5.69 Å². The van der Waals surface area contributed by atoms with Crippen molar-refractivity contribution in [2.45, 2.75) is 6.92 Å². The molecule has 4 aromatic rings. The molecule has 2 aromatic carbocycles. The Kier molecular flexibility index (Phi) is 8.49. The molecule has 9 heteroatoms. The summed E-state index contributed by atoms with van der Waals surface area (Å²) >= 11 is 0. The van der Waals surface area contributed by atoms with Crippen molar-refractivity contribution in [2.75, 3.05) is 37.9 Å². The van der Waals surface area contributed by atoms with E-state index in [1.165, 1.54) is 12.3 Å². The van der Waals surface area contributed by atoms with Gasteiger partial charge in [0.05, 0.1) is 29.1 Å². The lowest BCUT2D eigenvalue weighted by atomic mass is 10.1. The molecule has 192 valence electrons. The van der Waals surface area contributed by atoms with Gasteiger partial charge < -0.3 is 25.0 Å². The quantitative estimate of drug-likeness (QED) is 0.270. The van der Waals surface area contributed by atoms with Crippen LogP contribution in [0.5, 0.6) is 17.4 Å². The molecular weight excluding hydrogens is 480 g/mol. The molecule has 2 heterocycles. The van der Waals surface area contributed by atoms with Gasteiger partial charge in [-0.2, -0.15) is 5.26 Å². The Balaban J connectivity index is 1.65. The van der Waals surface area contributed by atoms with E-state index in [0.29, 0.717) is 58.4 Å². The summed E-state index contributed by atoms with van der Waals surface area (Å²) in [7, 11) is 3.85. The summed E-state index contributed by atoms with van der Waals surface area (Å²) in [5, 5.41) is 16.7. The van der Waals surface area contributed by atoms with E-state index in [9.17, 15) is 10.1 Å². The zero-order valence-corrected chi connectivity index (χ0v) is 21.4. The summed E-state index contributed by atoms with van der Waals surface area (Å²) in [5.74, 6) is 1.34. The average Bonchev–Trinajstić information content (AvgIpc) is 2.91. The highest BCUT2D eigenvalue weighted by Crippen LogP contribution is 2.36. The third kappa shape index (κ3) is 6.63. The number of nitrogens with one attached hydrogen (secondary N) is 2. The predicted molar refractivity (Wildman–Crippen MR) is 148 cm³/mol. The lowest BCUT2D eigenvalue weighted by Gasteiger charge is -2.16. The molecule has 2 N–H and O–H groups in total. The molecule has 0 unspecified atom stereocenters. The molecule has 9 nitrogen and oxygen atoms in total. The van der Waals surface area contributed by atoms with Crippen LogP contribution in [0.4, 0.5) is 17.1 Å². The minimum Gasteiger partial charge on any atom is -0.492 e. The normalized spacial score (nSPS) is 10.9. The monoisotopic (exact) mass is 508 g/mol. The third-order valence-corrected chi connectivity index (χ3v) is 5.37. The maximum Gasteiger partial charge on any atom is 0.248 e. The van der Waals surface area contributed by atoms with Gasteiger partial charge in [-0.3, -0.25) is 9.78 Å². The van der Waals surface area contributed by atoms with Crippen LogP contribution in [0, 0.1) is 11.3 Å². The molecule has 2 aromatic heterocycles. The van der Waals surface area contributed by atoms with Gasteiger partial charge >= 0.3 is 0 Å². The SMILES string of the molecule is CCOc1cc2ncc(C#N)c(Nc3ccc(Oc4ccccn4)cc3)c2cc1NC(=O)/C=C/CN(C)C. The Morgan fingerprint density at radius 1 is 1.13 bits per heavy atom. The van der Waals surface area contributed by atoms with Gasteiger partial charge in [0.2, 0.25) is 11.8 Å². The number of ether oxygens (including phenoxy) is 2. The van der Waals surface area contributed by atoms with Crippen LogP contribution in [0.15, 0.2) is 79.1 Å². The van der Waals surface area contributed by atoms with Crippen LogP contribution in [0.1, 0.15) is 12.5 Å². The second-order valence-electron chi connectivity index (χ2n) is 8.53. The number of carbonyl (C=O) groups excluding carboxylic acids is 1. The van der Waals surface area contributed by atoms with E-state index in [1.807, 2.05) is 62.3 Å². The molecule has 0 bridgehead atoms. The van der Waals surface area contributed by atoms with Gasteiger partial charge in [0.25, 0.3) is 0 Å². The van der Waals surface area contributed by atoms with Crippen molar-refractivity contribution < 1.29 is 14.3 Å². The topological polar surface area (TPSA) is 112 Å². The number of hydrogen-bond acceptors (Lipinski definition) is 8. The molecule has 0 saturated heterocycles. The molecule has 0 spiro atoms. The first-order valence-electron chi connectivity index (χ1n) is 12.0. The van der Waals surface area contributed by atoms with Gasteiger partial charge in [-0.05, 0) is 57.4 Å². The van der Waals surface area contributed by atoms with Crippen molar-refractivity contribution >= 4 is 33.9 Å². The minimum absolute atomic E-state index is 0.283. The molecule has 0 aliphatic rings. The maximum absolute atomic E-state index is 12.6. The lowest BCUT2D eigenvalue weighted by Crippen LogP contribution is -2.13. The van der Waals surface area contributed by atoms with Gasteiger partial charge in [0, 0.05) is 48.2 Å². The summed E-state index contributed by atoms with van der Waals surface area (Å²) in [6.45, 7) is 2.92. The highest BCUT2D eigenvalue weighted by atomic mass is 16.5. The fourth-order valence-electron chi connectivity index (χ4n) is 3.64. The summed E-state index contributed by atoms with van der Waals surface area (Å²) in [4.78, 5) is 23.1. The molecule has 0 radical (unpaired) electrons. The standard InChI is InChI=1S/C29H28N6O3/c1-4-37-26-17-24-23(16-25(26)34-27(36)8-7-15-35(2)3)29(20(18-30)19-32-24)33-21-10-12-22(13-11-21)38-28-9-5-6-14-31-28/h5-14,16-17,19H,4,15H2,1-3H3,(H,32,33)(H,34,36)/b8-7+. The second-order valence-corrected chi connectivity index (χ2v) is 8.53. The number of aromatic nitrogens is 2. The first-order chi connectivity index (χ1) is 18.5. The predicted octanol–water partition coefficient (Wildman–Crippen LogP) is 5.49. The largest absolute Gasteiger partial charge is 0.492 e. The average molecular weight is 509 g/mol. The lowest BCUT2D eigenvalue weighted by molar-refractivity contribution is -0.111. The molecule has 0 atom stereocenters. The number of nitrogens with zero attached hydrogens (tertiary/aromatic N) is 4. The molecule has 4 rings (SSSR count). The van der Waals surface area contributed by atoms with E-state index in [1.54, 1.807) is 30.5 Å². The van der Waals surface area contributed by atoms with Crippen molar-refractivity contribution in [3.8, 4) is 23.4 Å². The van der Waals surface area contributed by atoms with Crippen molar-refractivity contribution in [3.63, 3.8) is 0 Å². The van der Waals surface area contributed by atoms with Crippen LogP contribution in [0.2, 0.25) is 0 Å². The molecule has 0 saturated carbocycles. The van der Waals surface area contributed by atoms with Gasteiger partial charge in [-0.25, -0.2) is 4.98 Å². The van der Waals surface area contributed by atoms with Crippen LogP contribution in [0.25, 0.3) is 10.9 Å². The zero-order chi connectivity index (χ0) is 26.9. The van der Waals surface area contributed by atoms with E-state index in [-0.39, 0.29) is 5.91 Å². The summed E-state index contributed by atoms with van der Waals surface area (Å²) in [6, 6.07) is 18.5. The highest BCUT2D eigenvalue weighted by molar-refractivity contribution is 6.04. The van der Waals surface area contributed by atoms with Crippen LogP contribution in [0.3, 0.4) is 0 Å². The van der Waals surface area contributed by atoms with E-state index in [4.69, 9.17) is 9.47 Å². The number of amides is 1. The molecule has 0 fully saturated rings. The Labute approximate surface area is 221 Å². The number of hydrogen-bond donors (Lipinski definition) is 2.